The first kappa shape index (κ1) is 16.3. The number of rotatable bonds is 3. The van der Waals surface area contributed by atoms with Crippen LogP contribution in [-0.2, 0) is 16.1 Å². The Morgan fingerprint density at radius 3 is 2.84 bits per heavy atom. The van der Waals surface area contributed by atoms with E-state index in [0.717, 1.165) is 29.4 Å². The largest absolute Gasteiger partial charge is 0.423 e. The SMILES string of the molecule is Cc1ccc2c(CNC3C(=O)NCC34CCOCC4)cc(=O)oc2c1. The highest BCUT2D eigenvalue weighted by Gasteiger charge is 2.48. The second kappa shape index (κ2) is 6.28. The van der Waals surface area contributed by atoms with E-state index >= 15 is 0 Å². The molecule has 0 radical (unpaired) electrons. The Kier molecular flexibility index (Phi) is 4.09. The summed E-state index contributed by atoms with van der Waals surface area (Å²) in [6.07, 6.45) is 1.72. The first-order valence-electron chi connectivity index (χ1n) is 8.70. The average molecular weight is 342 g/mol. The van der Waals surface area contributed by atoms with E-state index in [1.165, 1.54) is 6.07 Å². The molecule has 2 saturated heterocycles. The van der Waals surface area contributed by atoms with E-state index < -0.39 is 0 Å². The second-order valence-electron chi connectivity index (χ2n) is 7.10. The van der Waals surface area contributed by atoms with Gasteiger partial charge in [-0.1, -0.05) is 12.1 Å². The molecule has 1 atom stereocenters. The van der Waals surface area contributed by atoms with Crippen molar-refractivity contribution in [3.05, 3.63) is 45.8 Å². The minimum atomic E-state index is -0.369. The molecular formula is C19H22N2O4. The molecule has 3 heterocycles. The highest BCUT2D eigenvalue weighted by Crippen LogP contribution is 2.37. The molecule has 132 valence electrons. The highest BCUT2D eigenvalue weighted by molar-refractivity contribution is 5.85. The molecule has 6 nitrogen and oxygen atoms in total. The molecule has 1 spiro atoms. The predicted molar refractivity (Wildman–Crippen MR) is 93.3 cm³/mol. The lowest BCUT2D eigenvalue weighted by atomic mass is 9.76. The molecule has 2 aliphatic rings. The van der Waals surface area contributed by atoms with E-state index in [2.05, 4.69) is 10.6 Å². The zero-order valence-electron chi connectivity index (χ0n) is 14.3. The monoisotopic (exact) mass is 342 g/mol. The molecule has 4 rings (SSSR count). The van der Waals surface area contributed by atoms with Crippen LogP contribution in [0.25, 0.3) is 11.0 Å². The number of nitrogens with one attached hydrogen (secondary N) is 2. The van der Waals surface area contributed by atoms with Gasteiger partial charge in [-0.15, -0.1) is 0 Å². The van der Waals surface area contributed by atoms with E-state index in [1.54, 1.807) is 0 Å². The summed E-state index contributed by atoms with van der Waals surface area (Å²) in [6, 6.07) is 7.07. The van der Waals surface area contributed by atoms with Crippen molar-refractivity contribution in [1.29, 1.82) is 0 Å². The van der Waals surface area contributed by atoms with Crippen molar-refractivity contribution in [2.24, 2.45) is 5.41 Å². The summed E-state index contributed by atoms with van der Waals surface area (Å²) in [5.74, 6) is 0.0324. The maximum atomic E-state index is 12.3. The van der Waals surface area contributed by atoms with Gasteiger partial charge < -0.3 is 19.8 Å². The number of carbonyl (C=O) groups is 1. The van der Waals surface area contributed by atoms with Crippen LogP contribution in [0.1, 0.15) is 24.0 Å². The van der Waals surface area contributed by atoms with Gasteiger partial charge in [-0.2, -0.15) is 0 Å². The van der Waals surface area contributed by atoms with Crippen LogP contribution in [0.15, 0.2) is 33.5 Å². The minimum Gasteiger partial charge on any atom is -0.423 e. The number of fused-ring (bicyclic) bond motifs is 1. The number of hydrogen-bond acceptors (Lipinski definition) is 5. The van der Waals surface area contributed by atoms with E-state index in [0.29, 0.717) is 31.9 Å². The molecule has 1 aromatic carbocycles. The van der Waals surface area contributed by atoms with Crippen LogP contribution in [0.5, 0.6) is 0 Å². The minimum absolute atomic E-state index is 0.0324. The quantitative estimate of drug-likeness (QED) is 0.826. The van der Waals surface area contributed by atoms with Crippen LogP contribution in [-0.4, -0.2) is 31.7 Å². The average Bonchev–Trinajstić information content (AvgIpc) is 2.88. The van der Waals surface area contributed by atoms with Crippen LogP contribution in [0.4, 0.5) is 0 Å². The van der Waals surface area contributed by atoms with Crippen LogP contribution in [0.2, 0.25) is 0 Å². The fourth-order valence-electron chi connectivity index (χ4n) is 3.99. The zero-order chi connectivity index (χ0) is 17.4. The Balaban J connectivity index is 1.61. The van der Waals surface area contributed by atoms with Gasteiger partial charge in [-0.25, -0.2) is 4.79 Å². The van der Waals surface area contributed by atoms with Gasteiger partial charge in [0, 0.05) is 43.2 Å². The summed E-state index contributed by atoms with van der Waals surface area (Å²) in [4.78, 5) is 24.2. The Bertz CT molecular complexity index is 867. The Morgan fingerprint density at radius 2 is 2.04 bits per heavy atom. The number of ether oxygens (including phenoxy) is 1. The lowest BCUT2D eigenvalue weighted by Gasteiger charge is -2.36. The van der Waals surface area contributed by atoms with Gasteiger partial charge in [0.1, 0.15) is 5.58 Å². The van der Waals surface area contributed by atoms with Gasteiger partial charge in [-0.05, 0) is 37.0 Å². The number of carbonyl (C=O) groups excluding carboxylic acids is 1. The fraction of sp³-hybridized carbons (Fsp3) is 0.474. The van der Waals surface area contributed by atoms with Crippen LogP contribution >= 0.6 is 0 Å². The van der Waals surface area contributed by atoms with E-state index in [-0.39, 0.29) is 23.0 Å². The van der Waals surface area contributed by atoms with Gasteiger partial charge >= 0.3 is 5.63 Å². The normalized spacial score (nSPS) is 22.4. The Labute approximate surface area is 145 Å². The number of amides is 1. The summed E-state index contributed by atoms with van der Waals surface area (Å²) in [7, 11) is 0. The van der Waals surface area contributed by atoms with Crippen LogP contribution in [0.3, 0.4) is 0 Å². The van der Waals surface area contributed by atoms with Crippen LogP contribution < -0.4 is 16.3 Å². The first-order chi connectivity index (χ1) is 12.1. The Morgan fingerprint density at radius 1 is 1.24 bits per heavy atom. The number of aryl methyl sites for hydroxylation is 1. The summed E-state index contributed by atoms with van der Waals surface area (Å²) in [5.41, 5.74) is 2.01. The standard InChI is InChI=1S/C19H22N2O4/c1-12-2-3-14-13(9-16(22)25-15(14)8-12)10-20-17-18(23)21-11-19(17)4-6-24-7-5-19/h2-3,8-9,17,20H,4-7,10-11H2,1H3,(H,21,23). The molecule has 6 heteroatoms. The van der Waals surface area contributed by atoms with Gasteiger partial charge in [0.05, 0.1) is 6.04 Å². The van der Waals surface area contributed by atoms with Gasteiger partial charge in [0.15, 0.2) is 0 Å². The molecule has 2 aromatic rings. The molecule has 1 amide bonds. The maximum absolute atomic E-state index is 12.3. The van der Waals surface area contributed by atoms with Crippen molar-refractivity contribution in [3.63, 3.8) is 0 Å². The second-order valence-corrected chi connectivity index (χ2v) is 7.10. The summed E-state index contributed by atoms with van der Waals surface area (Å²) >= 11 is 0. The van der Waals surface area contributed by atoms with Crippen molar-refractivity contribution in [2.75, 3.05) is 19.8 Å². The highest BCUT2D eigenvalue weighted by atomic mass is 16.5. The number of hydrogen-bond donors (Lipinski definition) is 2. The molecule has 0 bridgehead atoms. The molecule has 2 aliphatic heterocycles. The molecule has 1 aromatic heterocycles. The zero-order valence-corrected chi connectivity index (χ0v) is 14.3. The first-order valence-corrected chi connectivity index (χ1v) is 8.70. The molecule has 0 saturated carbocycles. The van der Waals surface area contributed by atoms with Crippen molar-refractivity contribution in [3.8, 4) is 0 Å². The topological polar surface area (TPSA) is 80.6 Å². The van der Waals surface area contributed by atoms with Gasteiger partial charge in [0.2, 0.25) is 5.91 Å². The lowest BCUT2D eigenvalue weighted by molar-refractivity contribution is -0.122. The summed E-state index contributed by atoms with van der Waals surface area (Å²) < 4.78 is 10.8. The third-order valence-electron chi connectivity index (χ3n) is 5.46. The Hall–Kier alpha value is -2.18. The van der Waals surface area contributed by atoms with Gasteiger partial charge in [-0.3, -0.25) is 4.79 Å². The third kappa shape index (κ3) is 2.96. The van der Waals surface area contributed by atoms with Crippen molar-refractivity contribution in [1.82, 2.24) is 10.6 Å². The number of benzene rings is 1. The smallest absolute Gasteiger partial charge is 0.336 e. The van der Waals surface area contributed by atoms with Crippen LogP contribution in [0, 0.1) is 12.3 Å². The van der Waals surface area contributed by atoms with E-state index in [1.807, 2.05) is 25.1 Å². The summed E-state index contributed by atoms with van der Waals surface area (Å²) in [6.45, 7) is 4.46. The van der Waals surface area contributed by atoms with Gasteiger partial charge in [0.25, 0.3) is 0 Å². The molecule has 2 N–H and O–H groups in total. The molecule has 0 aliphatic carbocycles. The lowest BCUT2D eigenvalue weighted by Crippen LogP contribution is -2.49. The van der Waals surface area contributed by atoms with E-state index in [9.17, 15) is 9.59 Å². The predicted octanol–water partition coefficient (Wildman–Crippen LogP) is 1.49. The molecule has 25 heavy (non-hydrogen) atoms. The molecule has 2 fully saturated rings. The maximum Gasteiger partial charge on any atom is 0.336 e. The summed E-state index contributed by atoms with van der Waals surface area (Å²) in [5, 5.41) is 7.28. The van der Waals surface area contributed by atoms with E-state index in [4.69, 9.17) is 9.15 Å². The third-order valence-corrected chi connectivity index (χ3v) is 5.46. The molecule has 1 unspecified atom stereocenters. The fourth-order valence-corrected chi connectivity index (χ4v) is 3.99. The van der Waals surface area contributed by atoms with Crippen molar-refractivity contribution < 1.29 is 13.9 Å². The van der Waals surface area contributed by atoms with Crippen molar-refractivity contribution in [2.45, 2.75) is 32.4 Å². The molecular weight excluding hydrogens is 320 g/mol. The van der Waals surface area contributed by atoms with Crippen molar-refractivity contribution >= 4 is 16.9 Å².